The van der Waals surface area contributed by atoms with Gasteiger partial charge in [0, 0.05) is 40.7 Å². The van der Waals surface area contributed by atoms with Gasteiger partial charge in [-0.15, -0.1) is 23.7 Å². The second-order valence-electron chi connectivity index (χ2n) is 5.56. The largest absolute Gasteiger partial charge is 0.355 e. The number of thiophene rings is 1. The molecular weight excluding hydrogens is 308 g/mol. The maximum absolute atomic E-state index is 12.0. The average Bonchev–Trinajstić information content (AvgIpc) is 3.19. The van der Waals surface area contributed by atoms with E-state index in [0.29, 0.717) is 12.5 Å². The Balaban J connectivity index is 0.00000220. The molecule has 118 valence electrons. The summed E-state index contributed by atoms with van der Waals surface area (Å²) < 4.78 is 0. The fraction of sp³-hybridized carbons (Fsp3) is 0.600. The number of hydrogen-bond donors (Lipinski definition) is 2. The number of halogens is 1. The van der Waals surface area contributed by atoms with E-state index in [1.165, 1.54) is 12.8 Å². The summed E-state index contributed by atoms with van der Waals surface area (Å²) in [6.07, 6.45) is 2.85. The van der Waals surface area contributed by atoms with Gasteiger partial charge in [-0.25, -0.2) is 0 Å². The van der Waals surface area contributed by atoms with E-state index in [1.54, 1.807) is 11.3 Å². The second kappa shape index (κ2) is 7.92. The summed E-state index contributed by atoms with van der Waals surface area (Å²) in [6.45, 7) is 4.45. The SMILES string of the molecule is Cc1cc(C(=O)CCC(=O)NCC(N)C2CC2)c(C)s1.Cl. The molecule has 1 aliphatic rings. The van der Waals surface area contributed by atoms with Gasteiger partial charge in [0.25, 0.3) is 0 Å². The van der Waals surface area contributed by atoms with Crippen LogP contribution < -0.4 is 11.1 Å². The number of nitrogens with one attached hydrogen (secondary N) is 1. The van der Waals surface area contributed by atoms with Gasteiger partial charge in [-0.05, 0) is 38.7 Å². The van der Waals surface area contributed by atoms with Crippen LogP contribution in [0.2, 0.25) is 0 Å². The monoisotopic (exact) mass is 330 g/mol. The van der Waals surface area contributed by atoms with Crippen molar-refractivity contribution in [1.82, 2.24) is 5.32 Å². The minimum absolute atomic E-state index is 0. The third kappa shape index (κ3) is 5.41. The Labute approximate surface area is 135 Å². The standard InChI is InChI=1S/C15H22N2O2S.ClH/c1-9-7-12(10(2)20-9)14(18)5-6-15(19)17-8-13(16)11-3-4-11;/h7,11,13H,3-6,8,16H2,1-2H3,(H,17,19);1H. The molecule has 1 fully saturated rings. The topological polar surface area (TPSA) is 72.2 Å². The third-order valence-corrected chi connectivity index (χ3v) is 4.65. The number of aryl methyl sites for hydroxylation is 2. The summed E-state index contributed by atoms with van der Waals surface area (Å²) in [5, 5.41) is 2.82. The lowest BCUT2D eigenvalue weighted by atomic mass is 10.1. The highest BCUT2D eigenvalue weighted by Gasteiger charge is 2.28. The van der Waals surface area contributed by atoms with Crippen molar-refractivity contribution in [3.05, 3.63) is 21.4 Å². The van der Waals surface area contributed by atoms with Crippen molar-refractivity contribution < 1.29 is 9.59 Å². The van der Waals surface area contributed by atoms with Crippen molar-refractivity contribution in [2.75, 3.05) is 6.54 Å². The van der Waals surface area contributed by atoms with E-state index in [4.69, 9.17) is 5.73 Å². The van der Waals surface area contributed by atoms with Crippen LogP contribution >= 0.6 is 23.7 Å². The summed E-state index contributed by atoms with van der Waals surface area (Å²) in [4.78, 5) is 25.9. The molecule has 1 atom stereocenters. The van der Waals surface area contributed by atoms with Gasteiger partial charge in [-0.2, -0.15) is 0 Å². The van der Waals surface area contributed by atoms with Gasteiger partial charge in [0.1, 0.15) is 0 Å². The number of rotatable bonds is 7. The summed E-state index contributed by atoms with van der Waals surface area (Å²) in [7, 11) is 0. The maximum atomic E-state index is 12.0. The Morgan fingerprint density at radius 1 is 1.38 bits per heavy atom. The molecule has 0 spiro atoms. The van der Waals surface area contributed by atoms with E-state index in [9.17, 15) is 9.59 Å². The highest BCUT2D eigenvalue weighted by atomic mass is 35.5. The number of Topliss-reactive ketones (excluding diaryl/α,β-unsaturated/α-hetero) is 1. The van der Waals surface area contributed by atoms with Gasteiger partial charge >= 0.3 is 0 Å². The van der Waals surface area contributed by atoms with Crippen molar-refractivity contribution in [3.63, 3.8) is 0 Å². The quantitative estimate of drug-likeness (QED) is 0.755. The molecule has 1 amide bonds. The summed E-state index contributed by atoms with van der Waals surface area (Å²) in [5.41, 5.74) is 6.68. The second-order valence-corrected chi connectivity index (χ2v) is 7.02. The average molecular weight is 331 g/mol. The normalized spacial score (nSPS) is 15.2. The fourth-order valence-corrected chi connectivity index (χ4v) is 3.22. The van der Waals surface area contributed by atoms with Crippen LogP contribution in [0.15, 0.2) is 6.07 Å². The lowest BCUT2D eigenvalue weighted by Crippen LogP contribution is -2.38. The molecule has 6 heteroatoms. The van der Waals surface area contributed by atoms with E-state index in [1.807, 2.05) is 19.9 Å². The van der Waals surface area contributed by atoms with Crippen LogP contribution in [0.1, 0.15) is 45.8 Å². The van der Waals surface area contributed by atoms with E-state index >= 15 is 0 Å². The van der Waals surface area contributed by atoms with Crippen molar-refractivity contribution in [1.29, 1.82) is 0 Å². The van der Waals surface area contributed by atoms with Gasteiger partial charge in [-0.1, -0.05) is 0 Å². The molecule has 1 heterocycles. The number of ketones is 1. The summed E-state index contributed by atoms with van der Waals surface area (Å²) in [6, 6.07) is 1.97. The van der Waals surface area contributed by atoms with Crippen molar-refractivity contribution >= 4 is 35.4 Å². The van der Waals surface area contributed by atoms with E-state index in [0.717, 1.165) is 15.3 Å². The fourth-order valence-electron chi connectivity index (χ4n) is 2.28. The molecule has 3 N–H and O–H groups in total. The Morgan fingerprint density at radius 3 is 2.57 bits per heavy atom. The van der Waals surface area contributed by atoms with Gasteiger partial charge in [0.15, 0.2) is 5.78 Å². The molecule has 1 saturated carbocycles. The molecule has 2 rings (SSSR count). The first kappa shape index (κ1) is 18.1. The first-order valence-electron chi connectivity index (χ1n) is 7.10. The Kier molecular flexibility index (Phi) is 6.84. The third-order valence-electron chi connectivity index (χ3n) is 3.68. The highest BCUT2D eigenvalue weighted by molar-refractivity contribution is 7.12. The summed E-state index contributed by atoms with van der Waals surface area (Å²) >= 11 is 1.62. The molecule has 1 aromatic rings. The number of nitrogens with two attached hydrogens (primary N) is 1. The van der Waals surface area contributed by atoms with Crippen LogP contribution in [-0.4, -0.2) is 24.3 Å². The smallest absolute Gasteiger partial charge is 0.220 e. The Morgan fingerprint density at radius 2 is 2.05 bits per heavy atom. The molecule has 0 bridgehead atoms. The number of hydrogen-bond acceptors (Lipinski definition) is 4. The molecule has 1 unspecified atom stereocenters. The van der Waals surface area contributed by atoms with Gasteiger partial charge in [0.05, 0.1) is 0 Å². The number of carbonyl (C=O) groups is 2. The molecule has 1 aliphatic carbocycles. The van der Waals surface area contributed by atoms with Crippen LogP contribution in [0.4, 0.5) is 0 Å². The molecule has 4 nitrogen and oxygen atoms in total. The van der Waals surface area contributed by atoms with Crippen LogP contribution in [0.5, 0.6) is 0 Å². The van der Waals surface area contributed by atoms with E-state index in [-0.39, 0.29) is 43.0 Å². The lowest BCUT2D eigenvalue weighted by Gasteiger charge is -2.11. The Hall–Kier alpha value is -0.910. The van der Waals surface area contributed by atoms with Crippen LogP contribution in [0, 0.1) is 19.8 Å². The zero-order valence-electron chi connectivity index (χ0n) is 12.5. The van der Waals surface area contributed by atoms with Crippen LogP contribution in [0.3, 0.4) is 0 Å². The Bertz CT molecular complexity index is 512. The lowest BCUT2D eigenvalue weighted by molar-refractivity contribution is -0.121. The zero-order chi connectivity index (χ0) is 14.7. The highest BCUT2D eigenvalue weighted by Crippen LogP contribution is 2.31. The van der Waals surface area contributed by atoms with Crippen LogP contribution in [0.25, 0.3) is 0 Å². The molecule has 0 aromatic carbocycles. The molecule has 0 radical (unpaired) electrons. The summed E-state index contributed by atoms with van der Waals surface area (Å²) in [5.74, 6) is 0.543. The number of amides is 1. The van der Waals surface area contributed by atoms with Gasteiger partial charge in [0.2, 0.25) is 5.91 Å². The van der Waals surface area contributed by atoms with E-state index in [2.05, 4.69) is 5.32 Å². The van der Waals surface area contributed by atoms with Crippen molar-refractivity contribution in [3.8, 4) is 0 Å². The predicted molar refractivity (Wildman–Crippen MR) is 88.3 cm³/mol. The molecular formula is C15H23ClN2O2S. The van der Waals surface area contributed by atoms with Crippen molar-refractivity contribution in [2.24, 2.45) is 11.7 Å². The first-order valence-corrected chi connectivity index (χ1v) is 7.91. The van der Waals surface area contributed by atoms with Gasteiger partial charge in [-0.3, -0.25) is 9.59 Å². The molecule has 21 heavy (non-hydrogen) atoms. The predicted octanol–water partition coefficient (Wildman–Crippen LogP) is 2.60. The molecule has 0 aliphatic heterocycles. The van der Waals surface area contributed by atoms with Crippen LogP contribution in [-0.2, 0) is 4.79 Å². The minimum atomic E-state index is -0.0842. The molecule has 0 saturated heterocycles. The maximum Gasteiger partial charge on any atom is 0.220 e. The zero-order valence-corrected chi connectivity index (χ0v) is 14.1. The van der Waals surface area contributed by atoms with Crippen molar-refractivity contribution in [2.45, 2.75) is 45.6 Å². The minimum Gasteiger partial charge on any atom is -0.355 e. The molecule has 1 aromatic heterocycles. The van der Waals surface area contributed by atoms with Gasteiger partial charge < -0.3 is 11.1 Å². The first-order chi connectivity index (χ1) is 9.47. The number of carbonyl (C=O) groups excluding carboxylic acids is 2. The van der Waals surface area contributed by atoms with E-state index < -0.39 is 0 Å².